The molecule has 0 saturated carbocycles. The van der Waals surface area contributed by atoms with Crippen LogP contribution >= 0.6 is 0 Å². The van der Waals surface area contributed by atoms with Crippen molar-refractivity contribution >= 4 is 28.9 Å². The van der Waals surface area contributed by atoms with Crippen LogP contribution in [0.2, 0.25) is 0 Å². The van der Waals surface area contributed by atoms with Gasteiger partial charge in [0.25, 0.3) is 17.5 Å². The molecule has 1 aliphatic heterocycles. The van der Waals surface area contributed by atoms with E-state index in [9.17, 15) is 19.7 Å². The molecule has 146 valence electrons. The molecule has 2 aromatic carbocycles. The van der Waals surface area contributed by atoms with Crippen molar-refractivity contribution in [1.82, 2.24) is 4.90 Å². The lowest BCUT2D eigenvalue weighted by Crippen LogP contribution is -2.27. The van der Waals surface area contributed by atoms with E-state index >= 15 is 0 Å². The number of rotatable bonds is 5. The fraction of sp³-hybridized carbons (Fsp3) is 0.300. The van der Waals surface area contributed by atoms with Gasteiger partial charge in [0, 0.05) is 56.3 Å². The molecule has 1 N–H and O–H groups in total. The van der Waals surface area contributed by atoms with Gasteiger partial charge in [0.15, 0.2) is 0 Å². The van der Waals surface area contributed by atoms with Crippen LogP contribution < -0.4 is 10.2 Å². The fourth-order valence-corrected chi connectivity index (χ4v) is 3.21. The number of carbonyl (C=O) groups excluding carboxylic acids is 2. The first-order chi connectivity index (χ1) is 13.4. The van der Waals surface area contributed by atoms with Gasteiger partial charge in [-0.25, -0.2) is 0 Å². The summed E-state index contributed by atoms with van der Waals surface area (Å²) in [6.45, 7) is 1.55. The normalized spacial score (nSPS) is 13.3. The molecule has 3 rings (SSSR count). The predicted octanol–water partition coefficient (Wildman–Crippen LogP) is 3.15. The molecule has 1 fully saturated rings. The molecule has 0 radical (unpaired) electrons. The van der Waals surface area contributed by atoms with E-state index in [2.05, 4.69) is 5.32 Å². The Morgan fingerprint density at radius 1 is 1.07 bits per heavy atom. The number of nitrogens with zero attached hydrogens (tertiary/aromatic N) is 3. The highest BCUT2D eigenvalue weighted by Gasteiger charge is 2.20. The van der Waals surface area contributed by atoms with Gasteiger partial charge in [-0.3, -0.25) is 19.7 Å². The molecule has 0 unspecified atom stereocenters. The highest BCUT2D eigenvalue weighted by atomic mass is 16.6. The van der Waals surface area contributed by atoms with Gasteiger partial charge in [-0.05, 0) is 43.2 Å². The van der Waals surface area contributed by atoms with Crippen molar-refractivity contribution in [3.05, 3.63) is 63.7 Å². The molecule has 0 aromatic heterocycles. The van der Waals surface area contributed by atoms with Gasteiger partial charge in [0.05, 0.1) is 10.5 Å². The number of benzene rings is 2. The summed E-state index contributed by atoms with van der Waals surface area (Å²) < 4.78 is 0. The first-order valence-electron chi connectivity index (χ1n) is 9.03. The van der Waals surface area contributed by atoms with Crippen molar-refractivity contribution in [3.8, 4) is 0 Å². The lowest BCUT2D eigenvalue weighted by molar-refractivity contribution is -0.384. The first-order valence-corrected chi connectivity index (χ1v) is 9.03. The summed E-state index contributed by atoms with van der Waals surface area (Å²) in [5.41, 5.74) is 1.71. The number of nitro benzene ring substituents is 1. The Bertz CT molecular complexity index is 903. The van der Waals surface area contributed by atoms with Crippen molar-refractivity contribution < 1.29 is 14.5 Å². The minimum absolute atomic E-state index is 0.0102. The van der Waals surface area contributed by atoms with Crippen LogP contribution in [0, 0.1) is 10.1 Å². The zero-order valence-electron chi connectivity index (χ0n) is 15.8. The van der Waals surface area contributed by atoms with Crippen LogP contribution in [0.5, 0.6) is 0 Å². The molecule has 2 amide bonds. The molecular weight excluding hydrogens is 360 g/mol. The second kappa shape index (κ2) is 8.08. The topological polar surface area (TPSA) is 95.8 Å². The molecule has 0 aliphatic carbocycles. The molecule has 2 aromatic rings. The van der Waals surface area contributed by atoms with E-state index in [1.165, 1.54) is 12.1 Å². The van der Waals surface area contributed by atoms with E-state index in [0.717, 1.165) is 25.9 Å². The summed E-state index contributed by atoms with van der Waals surface area (Å²) in [6, 6.07) is 10.8. The van der Waals surface area contributed by atoms with Crippen molar-refractivity contribution in [3.63, 3.8) is 0 Å². The fourth-order valence-electron chi connectivity index (χ4n) is 3.21. The zero-order valence-corrected chi connectivity index (χ0v) is 15.8. The molecule has 0 atom stereocenters. The summed E-state index contributed by atoms with van der Waals surface area (Å²) >= 11 is 0. The summed E-state index contributed by atoms with van der Waals surface area (Å²) in [4.78, 5) is 39.2. The van der Waals surface area contributed by atoms with Gasteiger partial charge in [-0.2, -0.15) is 0 Å². The third-order valence-electron chi connectivity index (χ3n) is 4.70. The van der Waals surface area contributed by atoms with Crippen LogP contribution in [-0.4, -0.2) is 48.8 Å². The van der Waals surface area contributed by atoms with Gasteiger partial charge in [0.1, 0.15) is 0 Å². The second-order valence-electron chi connectivity index (χ2n) is 6.88. The van der Waals surface area contributed by atoms with Crippen LogP contribution in [0.15, 0.2) is 42.5 Å². The first kappa shape index (κ1) is 19.3. The predicted molar refractivity (Wildman–Crippen MR) is 107 cm³/mol. The number of likely N-dealkylation sites (tertiary alicyclic amines) is 1. The maximum Gasteiger partial charge on any atom is 0.270 e. The Hall–Kier alpha value is -3.42. The lowest BCUT2D eigenvalue weighted by Gasteiger charge is -2.17. The Morgan fingerprint density at radius 3 is 2.29 bits per heavy atom. The van der Waals surface area contributed by atoms with Crippen LogP contribution in [0.25, 0.3) is 0 Å². The summed E-state index contributed by atoms with van der Waals surface area (Å²) in [7, 11) is 3.52. The molecule has 0 spiro atoms. The number of amides is 2. The largest absolute Gasteiger partial charge is 0.377 e. The van der Waals surface area contributed by atoms with E-state index < -0.39 is 10.8 Å². The van der Waals surface area contributed by atoms with Gasteiger partial charge in [-0.15, -0.1) is 0 Å². The SMILES string of the molecule is CN(C)c1ccc([N+](=O)[O-])cc1C(=O)Nc1ccc(C(=O)N2CCCC2)cc1. The van der Waals surface area contributed by atoms with Crippen molar-refractivity contribution in [2.45, 2.75) is 12.8 Å². The van der Waals surface area contributed by atoms with E-state index in [1.807, 2.05) is 4.90 Å². The maximum absolute atomic E-state index is 12.7. The number of hydrogen-bond donors (Lipinski definition) is 1. The minimum Gasteiger partial charge on any atom is -0.377 e. The van der Waals surface area contributed by atoms with Gasteiger partial charge < -0.3 is 15.1 Å². The van der Waals surface area contributed by atoms with Crippen LogP contribution in [0.1, 0.15) is 33.6 Å². The van der Waals surface area contributed by atoms with Crippen molar-refractivity contribution in [2.75, 3.05) is 37.4 Å². The van der Waals surface area contributed by atoms with Crippen LogP contribution in [0.4, 0.5) is 17.1 Å². The lowest BCUT2D eigenvalue weighted by atomic mass is 10.1. The second-order valence-corrected chi connectivity index (χ2v) is 6.88. The summed E-state index contributed by atoms with van der Waals surface area (Å²) in [5, 5.41) is 13.8. The monoisotopic (exact) mass is 382 g/mol. The van der Waals surface area contributed by atoms with Crippen molar-refractivity contribution in [2.24, 2.45) is 0 Å². The molecule has 1 aliphatic rings. The molecule has 28 heavy (non-hydrogen) atoms. The highest BCUT2D eigenvalue weighted by Crippen LogP contribution is 2.25. The zero-order chi connectivity index (χ0) is 20.3. The number of nitrogens with one attached hydrogen (secondary N) is 1. The van der Waals surface area contributed by atoms with E-state index in [0.29, 0.717) is 16.9 Å². The number of anilines is 2. The average Bonchev–Trinajstić information content (AvgIpc) is 3.22. The van der Waals surface area contributed by atoms with E-state index in [-0.39, 0.29) is 17.2 Å². The van der Waals surface area contributed by atoms with Crippen molar-refractivity contribution in [1.29, 1.82) is 0 Å². The summed E-state index contributed by atoms with van der Waals surface area (Å²) in [5.74, 6) is -0.463. The quantitative estimate of drug-likeness (QED) is 0.633. The number of hydrogen-bond acceptors (Lipinski definition) is 5. The highest BCUT2D eigenvalue weighted by molar-refractivity contribution is 6.08. The van der Waals surface area contributed by atoms with Gasteiger partial charge in [0.2, 0.25) is 0 Å². The molecule has 8 heteroatoms. The Morgan fingerprint density at radius 2 is 1.71 bits per heavy atom. The molecule has 8 nitrogen and oxygen atoms in total. The standard InChI is InChI=1S/C20H22N4O4/c1-22(2)18-10-9-16(24(27)28)13-17(18)19(25)21-15-7-5-14(6-8-15)20(26)23-11-3-4-12-23/h5-10,13H,3-4,11-12H2,1-2H3,(H,21,25). The Balaban J connectivity index is 1.78. The average molecular weight is 382 g/mol. The molecule has 0 bridgehead atoms. The minimum atomic E-state index is -0.533. The third kappa shape index (κ3) is 4.11. The third-order valence-corrected chi connectivity index (χ3v) is 4.70. The van der Waals surface area contributed by atoms with E-state index in [4.69, 9.17) is 0 Å². The molecular formula is C20H22N4O4. The molecule has 1 saturated heterocycles. The van der Waals surface area contributed by atoms with Gasteiger partial charge in [-0.1, -0.05) is 0 Å². The number of nitro groups is 1. The smallest absolute Gasteiger partial charge is 0.270 e. The number of non-ortho nitro benzene ring substituents is 1. The van der Waals surface area contributed by atoms with Crippen LogP contribution in [-0.2, 0) is 0 Å². The summed E-state index contributed by atoms with van der Waals surface area (Å²) in [6.07, 6.45) is 2.05. The van der Waals surface area contributed by atoms with Gasteiger partial charge >= 0.3 is 0 Å². The van der Waals surface area contributed by atoms with E-state index in [1.54, 1.807) is 49.3 Å². The molecule has 1 heterocycles. The Kier molecular flexibility index (Phi) is 5.58. The van der Waals surface area contributed by atoms with Crippen LogP contribution in [0.3, 0.4) is 0 Å². The number of carbonyl (C=O) groups is 2. The maximum atomic E-state index is 12.7. The Labute approximate surface area is 162 Å².